The Morgan fingerprint density at radius 3 is 2.32 bits per heavy atom. The van der Waals surface area contributed by atoms with Crippen LogP contribution < -0.4 is 24.8 Å². The van der Waals surface area contributed by atoms with E-state index in [-0.39, 0.29) is 22.8 Å². The summed E-state index contributed by atoms with van der Waals surface area (Å²) in [4.78, 5) is 33.1. The van der Waals surface area contributed by atoms with Crippen LogP contribution in [0, 0.1) is 24.1 Å². The first-order chi connectivity index (χ1) is 21.2. The van der Waals surface area contributed by atoms with Gasteiger partial charge in [0.1, 0.15) is 27.6 Å². The van der Waals surface area contributed by atoms with Crippen molar-refractivity contribution in [2.24, 2.45) is 7.05 Å². The quantitative estimate of drug-likeness (QED) is 0.263. The number of piperazine rings is 1. The molecule has 0 atom stereocenters. The Morgan fingerprint density at radius 2 is 1.68 bits per heavy atom. The second kappa shape index (κ2) is 13.1. The first kappa shape index (κ1) is 31.1. The van der Waals surface area contributed by atoms with Crippen molar-refractivity contribution in [2.45, 2.75) is 13.3 Å². The SMILES string of the molecule is COc1ccc(CCN2C(=O)/C(=C/c3c(C)c(C#N)c(=O)n(C)c3N3CCN(c4ccc(F)cc4)CC3)SC2=S)cc1OC. The van der Waals surface area contributed by atoms with Crippen molar-refractivity contribution in [1.29, 1.82) is 5.26 Å². The predicted molar refractivity (Wildman–Crippen MR) is 175 cm³/mol. The summed E-state index contributed by atoms with van der Waals surface area (Å²) < 4.78 is 26.1. The number of hydrogen-bond donors (Lipinski definition) is 0. The van der Waals surface area contributed by atoms with Gasteiger partial charge < -0.3 is 19.3 Å². The van der Waals surface area contributed by atoms with E-state index >= 15 is 0 Å². The summed E-state index contributed by atoms with van der Waals surface area (Å²) in [7, 11) is 4.80. The molecule has 3 aromatic rings. The van der Waals surface area contributed by atoms with Gasteiger partial charge in [0, 0.05) is 51.0 Å². The molecule has 2 fully saturated rings. The van der Waals surface area contributed by atoms with E-state index in [4.69, 9.17) is 21.7 Å². The maximum Gasteiger partial charge on any atom is 0.270 e. The summed E-state index contributed by atoms with van der Waals surface area (Å²) >= 11 is 6.81. The standard InChI is InChI=1S/C32H32FN5O4S2/c1-20-24(18-28-31(40)38(32(43)44-28)12-11-21-5-10-26(41-3)27(17-21)42-4)29(35(2)30(39)25(20)19-34)37-15-13-36(14-16-37)23-8-6-22(33)7-9-23/h5-10,17-18H,11-16H2,1-4H3/b28-18-. The van der Waals surface area contributed by atoms with E-state index < -0.39 is 0 Å². The average Bonchev–Trinajstić information content (AvgIpc) is 3.30. The van der Waals surface area contributed by atoms with E-state index in [0.29, 0.717) is 76.8 Å². The number of amides is 1. The van der Waals surface area contributed by atoms with Crippen molar-refractivity contribution < 1.29 is 18.7 Å². The molecule has 1 amide bonds. The molecular weight excluding hydrogens is 602 g/mol. The van der Waals surface area contributed by atoms with Crippen molar-refractivity contribution >= 4 is 51.8 Å². The zero-order valence-corrected chi connectivity index (χ0v) is 26.6. The highest BCUT2D eigenvalue weighted by Gasteiger charge is 2.33. The molecule has 5 rings (SSSR count). The van der Waals surface area contributed by atoms with Crippen molar-refractivity contribution in [1.82, 2.24) is 9.47 Å². The van der Waals surface area contributed by atoms with E-state index in [2.05, 4.69) is 15.9 Å². The maximum atomic E-state index is 13.6. The fraction of sp³-hybridized carbons (Fsp3) is 0.312. The third-order valence-electron chi connectivity index (χ3n) is 7.96. The summed E-state index contributed by atoms with van der Waals surface area (Å²) in [6.45, 7) is 4.59. The van der Waals surface area contributed by atoms with E-state index in [1.807, 2.05) is 18.2 Å². The number of hydrogen-bond acceptors (Lipinski definition) is 9. The fourth-order valence-electron chi connectivity index (χ4n) is 5.52. The lowest BCUT2D eigenvalue weighted by molar-refractivity contribution is -0.122. The number of nitrogens with zero attached hydrogens (tertiary/aromatic N) is 5. The number of thiocarbonyl (C=S) groups is 1. The van der Waals surface area contributed by atoms with E-state index in [0.717, 1.165) is 11.3 Å². The lowest BCUT2D eigenvalue weighted by atomic mass is 10.0. The summed E-state index contributed by atoms with van der Waals surface area (Å²) in [6.07, 6.45) is 2.31. The molecule has 0 radical (unpaired) electrons. The molecule has 0 saturated carbocycles. The Balaban J connectivity index is 1.41. The highest BCUT2D eigenvalue weighted by Crippen LogP contribution is 2.36. The first-order valence-corrected chi connectivity index (χ1v) is 15.2. The Morgan fingerprint density at radius 1 is 1.02 bits per heavy atom. The second-order valence-electron chi connectivity index (χ2n) is 10.4. The molecule has 44 heavy (non-hydrogen) atoms. The topological polar surface area (TPSA) is 91.0 Å². The number of pyridine rings is 1. The smallest absolute Gasteiger partial charge is 0.270 e. The number of ether oxygens (including phenoxy) is 2. The Kier molecular flexibility index (Phi) is 9.27. The minimum atomic E-state index is -0.388. The number of carbonyl (C=O) groups excluding carboxylic acids is 1. The molecule has 2 aromatic carbocycles. The zero-order chi connectivity index (χ0) is 31.5. The number of methoxy groups -OCH3 is 2. The highest BCUT2D eigenvalue weighted by molar-refractivity contribution is 8.26. The Hall–Kier alpha value is -4.34. The lowest BCUT2D eigenvalue weighted by Gasteiger charge is -2.38. The van der Waals surface area contributed by atoms with Gasteiger partial charge >= 0.3 is 0 Å². The van der Waals surface area contributed by atoms with E-state index in [1.165, 1.54) is 28.5 Å². The summed E-state index contributed by atoms with van der Waals surface area (Å²) in [5.41, 5.74) is 2.70. The van der Waals surface area contributed by atoms with Gasteiger partial charge in [-0.25, -0.2) is 4.39 Å². The molecule has 9 nitrogen and oxygen atoms in total. The second-order valence-corrected chi connectivity index (χ2v) is 12.1. The highest BCUT2D eigenvalue weighted by atomic mass is 32.2. The monoisotopic (exact) mass is 633 g/mol. The molecule has 3 heterocycles. The van der Waals surface area contributed by atoms with Gasteiger partial charge in [0.05, 0.1) is 19.1 Å². The molecule has 1 aromatic heterocycles. The van der Waals surface area contributed by atoms with Crippen LogP contribution in [0.3, 0.4) is 0 Å². The van der Waals surface area contributed by atoms with Crippen LogP contribution in [0.4, 0.5) is 15.9 Å². The van der Waals surface area contributed by atoms with Gasteiger partial charge in [-0.05, 0) is 66.9 Å². The summed E-state index contributed by atoms with van der Waals surface area (Å²) in [5.74, 6) is 1.37. The first-order valence-electron chi connectivity index (χ1n) is 14.0. The number of thioether (sulfide) groups is 1. The number of rotatable bonds is 8. The van der Waals surface area contributed by atoms with Gasteiger partial charge in [0.15, 0.2) is 11.5 Å². The molecule has 0 bridgehead atoms. The van der Waals surface area contributed by atoms with Crippen molar-refractivity contribution in [3.8, 4) is 17.6 Å². The van der Waals surface area contributed by atoms with Crippen molar-refractivity contribution in [2.75, 3.05) is 56.7 Å². The minimum absolute atomic E-state index is 0.0383. The third-order valence-corrected chi connectivity index (χ3v) is 9.34. The molecule has 0 unspecified atom stereocenters. The molecule has 2 saturated heterocycles. The largest absolute Gasteiger partial charge is 0.493 e. The fourth-order valence-corrected chi connectivity index (χ4v) is 6.81. The van der Waals surface area contributed by atoms with Gasteiger partial charge in [0.2, 0.25) is 0 Å². The lowest BCUT2D eigenvalue weighted by Crippen LogP contribution is -2.48. The third kappa shape index (κ3) is 6.02. The molecule has 2 aliphatic rings. The summed E-state index contributed by atoms with van der Waals surface area (Å²) in [5, 5.41) is 9.83. The van der Waals surface area contributed by atoms with Gasteiger partial charge in [0.25, 0.3) is 11.5 Å². The molecular formula is C32H32FN5O4S2. The van der Waals surface area contributed by atoms with Crippen molar-refractivity contribution in [3.05, 3.63) is 85.8 Å². The van der Waals surface area contributed by atoms with Crippen LogP contribution in [0.1, 0.15) is 22.3 Å². The predicted octanol–water partition coefficient (Wildman–Crippen LogP) is 4.49. The number of anilines is 2. The number of halogens is 1. The van der Waals surface area contributed by atoms with Crippen LogP contribution in [-0.2, 0) is 18.3 Å². The van der Waals surface area contributed by atoms with E-state index in [1.54, 1.807) is 51.3 Å². The Bertz CT molecular complexity index is 1740. The molecule has 0 spiro atoms. The van der Waals surface area contributed by atoms with Crippen molar-refractivity contribution in [3.63, 3.8) is 0 Å². The molecule has 0 N–H and O–H groups in total. The van der Waals surface area contributed by atoms with Gasteiger partial charge in [-0.1, -0.05) is 30.0 Å². The molecule has 228 valence electrons. The van der Waals surface area contributed by atoms with Gasteiger partial charge in [-0.15, -0.1) is 0 Å². The number of benzene rings is 2. The Labute approximate surface area is 265 Å². The zero-order valence-electron chi connectivity index (χ0n) is 24.9. The molecule has 0 aliphatic carbocycles. The maximum absolute atomic E-state index is 13.6. The van der Waals surface area contributed by atoms with Crippen LogP contribution in [0.5, 0.6) is 11.5 Å². The molecule has 12 heteroatoms. The van der Waals surface area contributed by atoms with E-state index in [9.17, 15) is 19.2 Å². The number of aromatic nitrogens is 1. The van der Waals surface area contributed by atoms with Crippen LogP contribution in [-0.4, -0.2) is 66.6 Å². The van der Waals surface area contributed by atoms with Crippen LogP contribution >= 0.6 is 24.0 Å². The van der Waals surface area contributed by atoms with Crippen LogP contribution in [0.2, 0.25) is 0 Å². The van der Waals surface area contributed by atoms with Crippen LogP contribution in [0.15, 0.2) is 52.2 Å². The minimum Gasteiger partial charge on any atom is -0.493 e. The molecule has 2 aliphatic heterocycles. The summed E-state index contributed by atoms with van der Waals surface area (Å²) in [6, 6.07) is 14.1. The normalized spacial score (nSPS) is 16.1. The van der Waals surface area contributed by atoms with Gasteiger partial charge in [-0.3, -0.25) is 19.1 Å². The number of carbonyl (C=O) groups is 1. The average molecular weight is 634 g/mol. The number of nitriles is 1. The van der Waals surface area contributed by atoms with Crippen LogP contribution in [0.25, 0.3) is 6.08 Å². The van der Waals surface area contributed by atoms with Gasteiger partial charge in [-0.2, -0.15) is 5.26 Å².